The summed E-state index contributed by atoms with van der Waals surface area (Å²) in [6, 6.07) is 0.789. The quantitative estimate of drug-likeness (QED) is 0.760. The summed E-state index contributed by atoms with van der Waals surface area (Å²) < 4.78 is 0. The van der Waals surface area contributed by atoms with Crippen molar-refractivity contribution in [1.29, 1.82) is 0 Å². The molecule has 3 heteroatoms. The largest absolute Gasteiger partial charge is 0.342 e. The molecule has 0 radical (unpaired) electrons. The summed E-state index contributed by atoms with van der Waals surface area (Å²) >= 11 is 0. The number of amides is 1. The lowest BCUT2D eigenvalue weighted by Crippen LogP contribution is -2.43. The number of carbonyl (C=O) groups is 1. The van der Waals surface area contributed by atoms with E-state index in [0.29, 0.717) is 18.0 Å². The summed E-state index contributed by atoms with van der Waals surface area (Å²) in [4.78, 5) is 14.2. The van der Waals surface area contributed by atoms with Crippen molar-refractivity contribution in [1.82, 2.24) is 10.2 Å². The van der Waals surface area contributed by atoms with Crippen molar-refractivity contribution in [3.8, 4) is 0 Å². The van der Waals surface area contributed by atoms with Crippen LogP contribution >= 0.6 is 0 Å². The molecule has 1 N–H and O–H groups in total. The van der Waals surface area contributed by atoms with E-state index >= 15 is 0 Å². The monoisotopic (exact) mass is 210 g/mol. The van der Waals surface area contributed by atoms with E-state index in [1.165, 1.54) is 12.8 Å². The third kappa shape index (κ3) is 2.17. The summed E-state index contributed by atoms with van der Waals surface area (Å²) in [7, 11) is 1.97. The second-order valence-electron chi connectivity index (χ2n) is 5.17. The minimum Gasteiger partial charge on any atom is -0.342 e. The maximum absolute atomic E-state index is 12.2. The molecule has 2 fully saturated rings. The van der Waals surface area contributed by atoms with E-state index in [4.69, 9.17) is 0 Å². The first-order valence-electron chi connectivity index (χ1n) is 6.11. The van der Waals surface area contributed by atoms with Crippen molar-refractivity contribution >= 4 is 5.91 Å². The summed E-state index contributed by atoms with van der Waals surface area (Å²) in [6.07, 6.45) is 3.61. The molecule has 1 amide bonds. The zero-order chi connectivity index (χ0) is 11.0. The Hall–Kier alpha value is -0.570. The lowest BCUT2D eigenvalue weighted by molar-refractivity contribution is -0.136. The Labute approximate surface area is 92.2 Å². The van der Waals surface area contributed by atoms with Gasteiger partial charge in [-0.1, -0.05) is 0 Å². The van der Waals surface area contributed by atoms with Gasteiger partial charge in [-0.2, -0.15) is 0 Å². The highest BCUT2D eigenvalue weighted by Gasteiger charge is 2.37. The van der Waals surface area contributed by atoms with Gasteiger partial charge in [0.25, 0.3) is 0 Å². The van der Waals surface area contributed by atoms with Crippen LogP contribution in [-0.4, -0.2) is 36.5 Å². The first-order chi connectivity index (χ1) is 7.11. The van der Waals surface area contributed by atoms with Gasteiger partial charge in [0.1, 0.15) is 0 Å². The Morgan fingerprint density at radius 2 is 2.07 bits per heavy atom. The summed E-state index contributed by atoms with van der Waals surface area (Å²) in [5.74, 6) is 1.31. The molecule has 0 bridgehead atoms. The van der Waals surface area contributed by atoms with Gasteiger partial charge in [0.2, 0.25) is 5.91 Å². The maximum atomic E-state index is 12.2. The Kier molecular flexibility index (Phi) is 3.01. The molecular formula is C12H22N2O. The number of carbonyl (C=O) groups excluding carboxylic acids is 1. The second-order valence-corrected chi connectivity index (χ2v) is 5.17. The van der Waals surface area contributed by atoms with Crippen LogP contribution in [-0.2, 0) is 4.79 Å². The molecule has 86 valence electrons. The molecule has 15 heavy (non-hydrogen) atoms. The van der Waals surface area contributed by atoms with E-state index in [1.807, 2.05) is 11.9 Å². The van der Waals surface area contributed by atoms with E-state index < -0.39 is 0 Å². The van der Waals surface area contributed by atoms with Crippen molar-refractivity contribution in [2.75, 3.05) is 13.6 Å². The van der Waals surface area contributed by atoms with Crippen LogP contribution in [0.15, 0.2) is 0 Å². The fourth-order valence-electron chi connectivity index (χ4n) is 2.55. The number of hydrogen-bond donors (Lipinski definition) is 1. The van der Waals surface area contributed by atoms with Crippen LogP contribution < -0.4 is 5.32 Å². The lowest BCUT2D eigenvalue weighted by atomic mass is 9.99. The van der Waals surface area contributed by atoms with Gasteiger partial charge >= 0.3 is 0 Å². The third-order valence-electron chi connectivity index (χ3n) is 4.11. The number of hydrogen-bond acceptors (Lipinski definition) is 2. The van der Waals surface area contributed by atoms with Crippen LogP contribution in [0.3, 0.4) is 0 Å². The average molecular weight is 210 g/mol. The third-order valence-corrected chi connectivity index (χ3v) is 4.11. The Balaban J connectivity index is 1.93. The van der Waals surface area contributed by atoms with E-state index in [0.717, 1.165) is 18.9 Å². The highest BCUT2D eigenvalue weighted by atomic mass is 16.2. The molecule has 1 aliphatic carbocycles. The molecule has 3 atom stereocenters. The minimum atomic E-state index is 0.205. The molecule has 0 aromatic rings. The molecule has 0 aromatic carbocycles. The number of rotatable bonds is 3. The van der Waals surface area contributed by atoms with E-state index in [9.17, 15) is 4.79 Å². The first kappa shape index (κ1) is 10.9. The molecule has 3 nitrogen and oxygen atoms in total. The normalized spacial score (nSPS) is 32.7. The first-order valence-corrected chi connectivity index (χ1v) is 6.11. The zero-order valence-corrected chi connectivity index (χ0v) is 9.99. The lowest BCUT2D eigenvalue weighted by Gasteiger charge is -2.28. The topological polar surface area (TPSA) is 32.3 Å². The summed E-state index contributed by atoms with van der Waals surface area (Å²) in [5, 5.41) is 3.34. The smallest absolute Gasteiger partial charge is 0.227 e. The number of nitrogens with zero attached hydrogens (tertiary/aromatic N) is 1. The zero-order valence-electron chi connectivity index (χ0n) is 9.99. The van der Waals surface area contributed by atoms with E-state index in [2.05, 4.69) is 19.2 Å². The van der Waals surface area contributed by atoms with Gasteiger partial charge in [-0.15, -0.1) is 0 Å². The minimum absolute atomic E-state index is 0.205. The molecule has 3 unspecified atom stereocenters. The highest BCUT2D eigenvalue weighted by Crippen LogP contribution is 2.35. The fourth-order valence-corrected chi connectivity index (χ4v) is 2.55. The van der Waals surface area contributed by atoms with Crippen LogP contribution in [0.4, 0.5) is 0 Å². The molecule has 1 saturated heterocycles. The van der Waals surface area contributed by atoms with Crippen molar-refractivity contribution in [3.05, 3.63) is 0 Å². The molecule has 0 spiro atoms. The van der Waals surface area contributed by atoms with Gasteiger partial charge in [-0.05, 0) is 45.6 Å². The number of nitrogens with one attached hydrogen (secondary N) is 1. The Morgan fingerprint density at radius 3 is 2.53 bits per heavy atom. The molecule has 1 aliphatic heterocycles. The summed E-state index contributed by atoms with van der Waals surface area (Å²) in [5.41, 5.74) is 0. The van der Waals surface area contributed by atoms with Crippen molar-refractivity contribution in [2.45, 2.75) is 45.2 Å². The predicted octanol–water partition coefficient (Wildman–Crippen LogP) is 1.24. The van der Waals surface area contributed by atoms with Crippen LogP contribution in [0.25, 0.3) is 0 Å². The highest BCUT2D eigenvalue weighted by molar-refractivity contribution is 5.80. The molecule has 0 aromatic heterocycles. The molecule has 2 rings (SSSR count). The second kappa shape index (κ2) is 4.12. The van der Waals surface area contributed by atoms with Crippen molar-refractivity contribution < 1.29 is 4.79 Å². The molecule has 1 saturated carbocycles. The maximum Gasteiger partial charge on any atom is 0.227 e. The van der Waals surface area contributed by atoms with E-state index in [1.54, 1.807) is 0 Å². The Bertz CT molecular complexity index is 250. The van der Waals surface area contributed by atoms with Gasteiger partial charge in [0.15, 0.2) is 0 Å². The van der Waals surface area contributed by atoms with Gasteiger partial charge in [-0.25, -0.2) is 0 Å². The van der Waals surface area contributed by atoms with Crippen molar-refractivity contribution in [2.24, 2.45) is 11.8 Å². The molecular weight excluding hydrogens is 188 g/mol. The van der Waals surface area contributed by atoms with Crippen molar-refractivity contribution in [3.63, 3.8) is 0 Å². The van der Waals surface area contributed by atoms with Crippen LogP contribution in [0.1, 0.15) is 33.1 Å². The van der Waals surface area contributed by atoms with E-state index in [-0.39, 0.29) is 5.92 Å². The van der Waals surface area contributed by atoms with Gasteiger partial charge in [0, 0.05) is 19.1 Å². The van der Waals surface area contributed by atoms with Crippen LogP contribution in [0.2, 0.25) is 0 Å². The van der Waals surface area contributed by atoms with Gasteiger partial charge in [0.05, 0.1) is 5.92 Å². The van der Waals surface area contributed by atoms with Gasteiger partial charge < -0.3 is 10.2 Å². The Morgan fingerprint density at radius 1 is 1.40 bits per heavy atom. The average Bonchev–Trinajstić information content (AvgIpc) is 2.98. The SMILES string of the molecule is CC1NCCC1C(=O)N(C)C(C)C1CC1. The molecule has 1 heterocycles. The fraction of sp³-hybridized carbons (Fsp3) is 0.917. The van der Waals surface area contributed by atoms with Crippen LogP contribution in [0.5, 0.6) is 0 Å². The summed E-state index contributed by atoms with van der Waals surface area (Å²) in [6.45, 7) is 5.29. The van der Waals surface area contributed by atoms with Crippen LogP contribution in [0, 0.1) is 11.8 Å². The van der Waals surface area contributed by atoms with Gasteiger partial charge in [-0.3, -0.25) is 4.79 Å². The predicted molar refractivity (Wildman–Crippen MR) is 60.5 cm³/mol. The standard InChI is InChI=1S/C12H22N2O/c1-8-11(6-7-13-8)12(15)14(3)9(2)10-4-5-10/h8-11,13H,4-7H2,1-3H3. The molecule has 2 aliphatic rings.